The van der Waals surface area contributed by atoms with E-state index in [2.05, 4.69) is 22.5 Å². The van der Waals surface area contributed by atoms with Gasteiger partial charge in [0.2, 0.25) is 0 Å². The molecule has 168 valence electrons. The van der Waals surface area contributed by atoms with Gasteiger partial charge in [-0.15, -0.1) is 35.0 Å². The Bertz CT molecular complexity index is 902. The molecule has 1 aliphatic heterocycles. The molecule has 0 spiro atoms. The molecule has 5 unspecified atom stereocenters. The number of ether oxygens (including phenoxy) is 1. The number of fused-ring (bicyclic) bond motifs is 2. The van der Waals surface area contributed by atoms with Gasteiger partial charge in [0.1, 0.15) is 15.8 Å². The Balaban J connectivity index is 1.54. The first-order valence-corrected chi connectivity index (χ1v) is 12.3. The van der Waals surface area contributed by atoms with Crippen molar-refractivity contribution >= 4 is 46.8 Å². The number of carboxylic acids is 1. The molecule has 7 atom stereocenters. The number of rotatable bonds is 8. The number of allylic oxidation sites excluding steroid dienone is 4. The lowest BCUT2D eigenvalue weighted by atomic mass is 9.77. The molecule has 1 aromatic rings. The van der Waals surface area contributed by atoms with E-state index in [0.717, 1.165) is 10.6 Å². The van der Waals surface area contributed by atoms with Crippen molar-refractivity contribution in [3.63, 3.8) is 0 Å². The third-order valence-corrected chi connectivity index (χ3v) is 8.77. The van der Waals surface area contributed by atoms with Crippen LogP contribution in [0.15, 0.2) is 35.3 Å². The highest BCUT2D eigenvalue weighted by atomic mass is 35.5. The average molecular weight is 485 g/mol. The molecule has 2 heterocycles. The second-order valence-electron chi connectivity index (χ2n) is 8.17. The maximum absolute atomic E-state index is 13.1. The smallest absolute Gasteiger partial charge is 0.306 e. The normalized spacial score (nSPS) is 32.0. The molecule has 6 nitrogen and oxygen atoms in total. The molecule has 1 saturated carbocycles. The number of aliphatic carboxylic acids is 1. The van der Waals surface area contributed by atoms with Crippen molar-refractivity contribution < 1.29 is 19.4 Å². The van der Waals surface area contributed by atoms with Gasteiger partial charge in [-0.2, -0.15) is 0 Å². The summed E-state index contributed by atoms with van der Waals surface area (Å²) >= 11 is 13.9. The number of carbonyl (C=O) groups excluding carboxylic acids is 1. The van der Waals surface area contributed by atoms with Crippen LogP contribution in [0.5, 0.6) is 0 Å². The molecule has 4 rings (SSSR count). The molecule has 1 fully saturated rings. The second kappa shape index (κ2) is 9.61. The number of aromatic nitrogens is 1. The number of thioether (sulfide) groups is 1. The molecule has 3 aliphatic rings. The van der Waals surface area contributed by atoms with E-state index in [9.17, 15) is 14.7 Å². The van der Waals surface area contributed by atoms with E-state index in [1.54, 1.807) is 6.07 Å². The first-order chi connectivity index (χ1) is 14.9. The van der Waals surface area contributed by atoms with Crippen LogP contribution in [0.2, 0.25) is 0 Å². The van der Waals surface area contributed by atoms with Gasteiger partial charge in [-0.3, -0.25) is 9.59 Å². The van der Waals surface area contributed by atoms with Crippen molar-refractivity contribution in [2.75, 3.05) is 13.2 Å². The summed E-state index contributed by atoms with van der Waals surface area (Å²) in [5.41, 5.74) is 1.19. The third kappa shape index (κ3) is 4.56. The number of aromatic amines is 1. The van der Waals surface area contributed by atoms with Crippen molar-refractivity contribution in [3.8, 4) is 0 Å². The Morgan fingerprint density at radius 1 is 1.35 bits per heavy atom. The van der Waals surface area contributed by atoms with E-state index >= 15 is 0 Å². The predicted molar refractivity (Wildman–Crippen MR) is 122 cm³/mol. The lowest BCUT2D eigenvalue weighted by Crippen LogP contribution is -2.44. The van der Waals surface area contributed by atoms with Crippen LogP contribution in [0.1, 0.15) is 41.3 Å². The number of nitrogens with one attached hydrogen (secondary N) is 2. The minimum absolute atomic E-state index is 0.0754. The van der Waals surface area contributed by atoms with Gasteiger partial charge >= 0.3 is 5.97 Å². The van der Waals surface area contributed by atoms with Crippen LogP contribution in [0, 0.1) is 23.7 Å². The molecule has 9 heteroatoms. The Hall–Kier alpha value is -1.41. The van der Waals surface area contributed by atoms with Gasteiger partial charge in [-0.05, 0) is 43.6 Å². The summed E-state index contributed by atoms with van der Waals surface area (Å²) in [4.78, 5) is 29.2. The summed E-state index contributed by atoms with van der Waals surface area (Å²) in [5, 5.41) is 12.7. The minimum Gasteiger partial charge on any atom is -0.481 e. The van der Waals surface area contributed by atoms with E-state index in [1.165, 1.54) is 11.8 Å². The van der Waals surface area contributed by atoms with Gasteiger partial charge in [0.25, 0.3) is 5.91 Å². The molecule has 3 N–H and O–H groups in total. The number of H-pyrrole nitrogens is 1. The minimum atomic E-state index is -0.846. The number of hydrogen-bond acceptors (Lipinski definition) is 4. The molecule has 0 bridgehead atoms. The zero-order valence-corrected chi connectivity index (χ0v) is 19.4. The van der Waals surface area contributed by atoms with Crippen molar-refractivity contribution in [2.24, 2.45) is 23.7 Å². The van der Waals surface area contributed by atoms with E-state index in [1.807, 2.05) is 19.1 Å². The van der Waals surface area contributed by atoms with Crippen LogP contribution >= 0.6 is 35.0 Å². The highest BCUT2D eigenvalue weighted by molar-refractivity contribution is 8.01. The molecule has 2 aliphatic carbocycles. The summed E-state index contributed by atoms with van der Waals surface area (Å²) in [5.74, 6) is -1.62. The highest BCUT2D eigenvalue weighted by Gasteiger charge is 2.48. The Kier molecular flexibility index (Phi) is 7.06. The standard InChI is InChI=1S/C22H26Cl2N2O4S/c1-2-30-8-7-13(22(28)29)17-12-6-4-3-5-11(12)9-14(17)26-21(27)15-10-16-19(25-15)18(23)20(24)31-16/h3-6,10-14,17-18,20,25H,2,7-9H2,1H3,(H,26,27)(H,28,29)/t11?,12?,13?,14-,17+,18?,20?/m1/s1. The van der Waals surface area contributed by atoms with Crippen molar-refractivity contribution in [1.29, 1.82) is 0 Å². The third-order valence-electron chi connectivity index (χ3n) is 6.41. The Labute approximate surface area is 195 Å². The van der Waals surface area contributed by atoms with Gasteiger partial charge in [0.05, 0.1) is 5.92 Å². The highest BCUT2D eigenvalue weighted by Crippen LogP contribution is 2.49. The lowest BCUT2D eigenvalue weighted by molar-refractivity contribution is -0.145. The largest absolute Gasteiger partial charge is 0.481 e. The van der Waals surface area contributed by atoms with E-state index in [-0.39, 0.29) is 39.8 Å². The van der Waals surface area contributed by atoms with Crippen LogP contribution in [0.3, 0.4) is 0 Å². The summed E-state index contributed by atoms with van der Waals surface area (Å²) in [6.07, 6.45) is 9.28. The quantitative estimate of drug-likeness (QED) is 0.371. The summed E-state index contributed by atoms with van der Waals surface area (Å²) in [7, 11) is 0. The maximum atomic E-state index is 13.1. The number of carboxylic acid groups (broad SMARTS) is 1. The lowest BCUT2D eigenvalue weighted by Gasteiger charge is -2.30. The fourth-order valence-electron chi connectivity index (χ4n) is 5.01. The molecule has 1 aromatic heterocycles. The van der Waals surface area contributed by atoms with Crippen molar-refractivity contribution in [2.45, 2.75) is 40.8 Å². The zero-order chi connectivity index (χ0) is 22.1. The molecular formula is C22H26Cl2N2O4S. The van der Waals surface area contributed by atoms with Gasteiger partial charge in [0.15, 0.2) is 0 Å². The van der Waals surface area contributed by atoms with Gasteiger partial charge in [0, 0.05) is 29.8 Å². The molecule has 31 heavy (non-hydrogen) atoms. The van der Waals surface area contributed by atoms with Gasteiger partial charge in [-0.25, -0.2) is 0 Å². The predicted octanol–water partition coefficient (Wildman–Crippen LogP) is 4.57. The van der Waals surface area contributed by atoms with Gasteiger partial charge < -0.3 is 20.1 Å². The van der Waals surface area contributed by atoms with Crippen LogP contribution in [0.25, 0.3) is 0 Å². The van der Waals surface area contributed by atoms with E-state index in [0.29, 0.717) is 31.7 Å². The maximum Gasteiger partial charge on any atom is 0.306 e. The van der Waals surface area contributed by atoms with Gasteiger partial charge in [-0.1, -0.05) is 24.3 Å². The summed E-state index contributed by atoms with van der Waals surface area (Å²) in [6.45, 7) is 2.83. The number of hydrogen-bond donors (Lipinski definition) is 3. The summed E-state index contributed by atoms with van der Waals surface area (Å²) in [6, 6.07) is 1.52. The Morgan fingerprint density at radius 3 is 2.84 bits per heavy atom. The van der Waals surface area contributed by atoms with E-state index in [4.69, 9.17) is 27.9 Å². The molecule has 0 saturated heterocycles. The number of carbonyl (C=O) groups is 2. The zero-order valence-electron chi connectivity index (χ0n) is 17.1. The van der Waals surface area contributed by atoms with Crippen molar-refractivity contribution in [3.05, 3.63) is 41.8 Å². The molecular weight excluding hydrogens is 459 g/mol. The summed E-state index contributed by atoms with van der Waals surface area (Å²) < 4.78 is 5.17. The van der Waals surface area contributed by atoms with Crippen LogP contribution in [-0.2, 0) is 9.53 Å². The molecule has 0 aromatic carbocycles. The number of amides is 1. The van der Waals surface area contributed by atoms with Crippen LogP contribution < -0.4 is 5.32 Å². The Morgan fingerprint density at radius 2 is 2.13 bits per heavy atom. The average Bonchev–Trinajstić information content (AvgIpc) is 3.38. The molecule has 1 amide bonds. The SMILES string of the molecule is CCOCCC(C(=O)O)[C@@H]1C2C=CC=CC2C[C@H]1NC(=O)c1cc2c([nH]1)C(Cl)C(Cl)S2. The topological polar surface area (TPSA) is 91.4 Å². The fraction of sp³-hybridized carbons (Fsp3) is 0.545. The van der Waals surface area contributed by atoms with Crippen LogP contribution in [-0.4, -0.2) is 45.9 Å². The first kappa shape index (κ1) is 22.8. The molecule has 0 radical (unpaired) electrons. The van der Waals surface area contributed by atoms with E-state index < -0.39 is 11.9 Å². The number of alkyl halides is 2. The monoisotopic (exact) mass is 484 g/mol. The van der Waals surface area contributed by atoms with Crippen LogP contribution in [0.4, 0.5) is 0 Å². The first-order valence-electron chi connectivity index (χ1n) is 10.5. The van der Waals surface area contributed by atoms with Crippen molar-refractivity contribution in [1.82, 2.24) is 10.3 Å². The second-order valence-corrected chi connectivity index (χ2v) is 10.5. The fourth-order valence-corrected chi connectivity index (χ4v) is 6.81. The number of halogens is 2.